The van der Waals surface area contributed by atoms with E-state index in [2.05, 4.69) is 31.0 Å². The van der Waals surface area contributed by atoms with Gasteiger partial charge in [0, 0.05) is 37.6 Å². The van der Waals surface area contributed by atoms with E-state index in [1.54, 1.807) is 18.3 Å². The second-order valence-electron chi connectivity index (χ2n) is 11.2. The fourth-order valence-corrected chi connectivity index (χ4v) is 5.55. The molecule has 2 amide bonds. The van der Waals surface area contributed by atoms with Crippen LogP contribution in [0.1, 0.15) is 85.5 Å². The normalized spacial score (nSPS) is 22.6. The summed E-state index contributed by atoms with van der Waals surface area (Å²) in [6.07, 6.45) is -3.55. The van der Waals surface area contributed by atoms with Crippen molar-refractivity contribution >= 4 is 17.5 Å². The van der Waals surface area contributed by atoms with E-state index in [1.165, 1.54) is 4.52 Å². The van der Waals surface area contributed by atoms with E-state index in [9.17, 15) is 31.5 Å². The molecule has 4 heterocycles. The third-order valence-electron chi connectivity index (χ3n) is 7.89. The first kappa shape index (κ1) is 28.9. The number of rotatable bonds is 7. The molecule has 15 heteroatoms. The summed E-state index contributed by atoms with van der Waals surface area (Å²) in [6.45, 7) is 3.20. The highest BCUT2D eigenvalue weighted by atomic mass is 19.4. The van der Waals surface area contributed by atoms with Gasteiger partial charge in [0.25, 0.3) is 5.91 Å². The first-order valence-electron chi connectivity index (χ1n) is 13.5. The van der Waals surface area contributed by atoms with Gasteiger partial charge in [0.15, 0.2) is 11.3 Å². The summed E-state index contributed by atoms with van der Waals surface area (Å²) < 4.78 is 73.8. The Morgan fingerprint density at radius 2 is 1.95 bits per heavy atom. The second kappa shape index (κ2) is 11.0. The van der Waals surface area contributed by atoms with E-state index in [-0.39, 0.29) is 56.1 Å². The van der Waals surface area contributed by atoms with E-state index >= 15 is 0 Å². The lowest BCUT2D eigenvalue weighted by molar-refractivity contribution is -0.183. The average Bonchev–Trinajstić information content (AvgIpc) is 3.55. The molecule has 3 aromatic rings. The van der Waals surface area contributed by atoms with Gasteiger partial charge < -0.3 is 10.6 Å². The summed E-state index contributed by atoms with van der Waals surface area (Å²) in [5.74, 6) is -6.84. The van der Waals surface area contributed by atoms with E-state index in [0.717, 1.165) is 0 Å². The molecule has 2 fully saturated rings. The number of hydrogen-bond acceptors (Lipinski definition) is 7. The Morgan fingerprint density at radius 1 is 1.22 bits per heavy atom. The molecule has 0 spiro atoms. The van der Waals surface area contributed by atoms with Crippen LogP contribution < -0.4 is 10.6 Å². The molecule has 0 radical (unpaired) electrons. The predicted octanol–water partition coefficient (Wildman–Crippen LogP) is 4.39. The van der Waals surface area contributed by atoms with Gasteiger partial charge >= 0.3 is 6.18 Å². The number of fused-ring (bicyclic) bond motifs is 1. The number of piperidine rings is 1. The third kappa shape index (κ3) is 6.32. The van der Waals surface area contributed by atoms with Crippen LogP contribution in [0.5, 0.6) is 0 Å². The molecule has 0 aromatic carbocycles. The number of alkyl halides is 5. The lowest BCUT2D eigenvalue weighted by Gasteiger charge is -2.33. The first-order chi connectivity index (χ1) is 19.3. The quantitative estimate of drug-likeness (QED) is 0.395. The summed E-state index contributed by atoms with van der Waals surface area (Å²) in [6, 6.07) is 2.44. The topological polar surface area (TPSA) is 127 Å². The van der Waals surface area contributed by atoms with E-state index < -0.39 is 48.3 Å². The summed E-state index contributed by atoms with van der Waals surface area (Å²) in [4.78, 5) is 30.1. The number of carbonyl (C=O) groups excluding carboxylic acids is 2. The monoisotopic (exact) mass is 583 g/mol. The fourth-order valence-electron chi connectivity index (χ4n) is 5.55. The standard InChI is InChI=1S/C26H30F5N7O3/c1-13(2)20-22(37-41-36-20)24(40)34-21(14-5-7-25(27,28)8-6-14)18-12-38-19(33-18)4-3-17(35-38)10-15-9-16(26(29,30)31)11-32-23(15)39/h3-4,12-16,21H,5-11H2,1-2H3,(H,32,39)(H,34,40)/t15?,16-,21?/m1/s1. The van der Waals surface area contributed by atoms with Crippen molar-refractivity contribution in [1.29, 1.82) is 0 Å². The van der Waals surface area contributed by atoms with E-state index in [0.29, 0.717) is 22.7 Å². The van der Waals surface area contributed by atoms with Gasteiger partial charge in [-0.3, -0.25) is 9.59 Å². The SMILES string of the molecule is CC(C)c1nonc1C(=O)NC(c1cn2nc(CC3C[C@@H](C(F)(F)F)CNC3=O)ccc2n1)C1CCC(F)(F)CC1. The van der Waals surface area contributed by atoms with Crippen molar-refractivity contribution in [2.75, 3.05) is 6.54 Å². The number of aromatic nitrogens is 5. The molecule has 1 saturated carbocycles. The number of hydrogen-bond donors (Lipinski definition) is 2. The molecule has 5 rings (SSSR count). The molecular formula is C26H30F5N7O3. The molecule has 2 N–H and O–H groups in total. The highest BCUT2D eigenvalue weighted by Gasteiger charge is 2.45. The summed E-state index contributed by atoms with van der Waals surface area (Å²) in [5, 5.41) is 17.2. The fraction of sp³-hybridized carbons (Fsp3) is 0.615. The minimum Gasteiger partial charge on any atom is -0.355 e. The van der Waals surface area contributed by atoms with Crippen LogP contribution in [0.25, 0.3) is 5.65 Å². The molecule has 2 unspecified atom stereocenters. The molecular weight excluding hydrogens is 553 g/mol. The molecule has 41 heavy (non-hydrogen) atoms. The van der Waals surface area contributed by atoms with Gasteiger partial charge in [-0.1, -0.05) is 19.0 Å². The van der Waals surface area contributed by atoms with Gasteiger partial charge in [0.05, 0.1) is 29.5 Å². The van der Waals surface area contributed by atoms with Crippen LogP contribution in [0, 0.1) is 17.8 Å². The van der Waals surface area contributed by atoms with Crippen LogP contribution >= 0.6 is 0 Å². The van der Waals surface area contributed by atoms with Gasteiger partial charge in [-0.2, -0.15) is 18.3 Å². The van der Waals surface area contributed by atoms with Crippen LogP contribution in [0.4, 0.5) is 22.0 Å². The number of nitrogens with zero attached hydrogens (tertiary/aromatic N) is 5. The Labute approximate surface area is 231 Å². The first-order valence-corrected chi connectivity index (χ1v) is 13.5. The number of carbonyl (C=O) groups is 2. The van der Waals surface area contributed by atoms with Crippen molar-refractivity contribution in [3.63, 3.8) is 0 Å². The highest BCUT2D eigenvalue weighted by molar-refractivity contribution is 5.93. The van der Waals surface area contributed by atoms with Gasteiger partial charge in [0.1, 0.15) is 5.69 Å². The molecule has 10 nitrogen and oxygen atoms in total. The second-order valence-corrected chi connectivity index (χ2v) is 11.2. The van der Waals surface area contributed by atoms with Crippen molar-refractivity contribution in [3.05, 3.63) is 41.1 Å². The van der Waals surface area contributed by atoms with Crippen molar-refractivity contribution in [2.24, 2.45) is 17.8 Å². The zero-order valence-electron chi connectivity index (χ0n) is 22.4. The summed E-state index contributed by atoms with van der Waals surface area (Å²) in [7, 11) is 0. The number of imidazole rings is 1. The lowest BCUT2D eigenvalue weighted by Crippen LogP contribution is -2.47. The molecule has 1 aliphatic carbocycles. The average molecular weight is 584 g/mol. The minimum atomic E-state index is -4.41. The molecule has 0 bridgehead atoms. The largest absolute Gasteiger partial charge is 0.393 e. The number of nitrogens with one attached hydrogen (secondary N) is 2. The van der Waals surface area contributed by atoms with Crippen LogP contribution in [-0.4, -0.2) is 55.4 Å². The van der Waals surface area contributed by atoms with Gasteiger partial charge in [-0.25, -0.2) is 22.9 Å². The Bertz CT molecular complexity index is 1410. The van der Waals surface area contributed by atoms with E-state index in [4.69, 9.17) is 4.63 Å². The maximum atomic E-state index is 14.0. The van der Waals surface area contributed by atoms with Crippen molar-refractivity contribution < 1.29 is 36.2 Å². The van der Waals surface area contributed by atoms with Gasteiger partial charge in [-0.05, 0) is 42.5 Å². The predicted molar refractivity (Wildman–Crippen MR) is 133 cm³/mol. The van der Waals surface area contributed by atoms with Crippen molar-refractivity contribution in [3.8, 4) is 0 Å². The zero-order valence-corrected chi connectivity index (χ0v) is 22.4. The van der Waals surface area contributed by atoms with Crippen LogP contribution in [-0.2, 0) is 11.2 Å². The lowest BCUT2D eigenvalue weighted by atomic mass is 9.81. The summed E-state index contributed by atoms with van der Waals surface area (Å²) in [5.41, 5.74) is 1.51. The Morgan fingerprint density at radius 3 is 2.63 bits per heavy atom. The van der Waals surface area contributed by atoms with Gasteiger partial charge in [-0.15, -0.1) is 0 Å². The van der Waals surface area contributed by atoms with Crippen molar-refractivity contribution in [1.82, 2.24) is 35.5 Å². The van der Waals surface area contributed by atoms with Crippen LogP contribution in [0.3, 0.4) is 0 Å². The molecule has 222 valence electrons. The molecule has 2 aliphatic rings. The Kier molecular flexibility index (Phi) is 7.72. The third-order valence-corrected chi connectivity index (χ3v) is 7.89. The summed E-state index contributed by atoms with van der Waals surface area (Å²) >= 11 is 0. The molecule has 3 aromatic heterocycles. The maximum Gasteiger partial charge on any atom is 0.393 e. The maximum absolute atomic E-state index is 14.0. The molecule has 1 aliphatic heterocycles. The van der Waals surface area contributed by atoms with Crippen molar-refractivity contribution in [2.45, 2.75) is 76.4 Å². The minimum absolute atomic E-state index is 0.00163. The van der Waals surface area contributed by atoms with Gasteiger partial charge in [0.2, 0.25) is 11.8 Å². The highest BCUT2D eigenvalue weighted by Crippen LogP contribution is 2.41. The molecule has 3 atom stereocenters. The number of amides is 2. The van der Waals surface area contributed by atoms with E-state index in [1.807, 2.05) is 13.8 Å². The zero-order chi connectivity index (χ0) is 29.5. The smallest absolute Gasteiger partial charge is 0.355 e. The molecule has 1 saturated heterocycles. The Balaban J connectivity index is 1.40. The Hall–Kier alpha value is -3.65. The van der Waals surface area contributed by atoms with Crippen LogP contribution in [0.15, 0.2) is 23.0 Å². The number of halogens is 5. The van der Waals surface area contributed by atoms with Crippen LogP contribution in [0.2, 0.25) is 0 Å².